The Morgan fingerprint density at radius 2 is 1.77 bits per heavy atom. The molecule has 6 nitrogen and oxygen atoms in total. The van der Waals surface area contributed by atoms with Gasteiger partial charge in [0.05, 0.1) is 32.0 Å². The fourth-order valence-corrected chi connectivity index (χ4v) is 2.71. The summed E-state index contributed by atoms with van der Waals surface area (Å²) >= 11 is 0. The molecule has 0 atom stereocenters. The monoisotopic (exact) mass is 351 g/mol. The number of methoxy groups -OCH3 is 2. The van der Waals surface area contributed by atoms with Gasteiger partial charge in [0, 0.05) is 5.56 Å². The van der Waals surface area contributed by atoms with Gasteiger partial charge in [-0.25, -0.2) is 0 Å². The predicted molar refractivity (Wildman–Crippen MR) is 101 cm³/mol. The van der Waals surface area contributed by atoms with Crippen molar-refractivity contribution in [3.63, 3.8) is 0 Å². The maximum absolute atomic E-state index is 12.5. The van der Waals surface area contributed by atoms with Crippen LogP contribution in [0.2, 0.25) is 0 Å². The van der Waals surface area contributed by atoms with E-state index in [2.05, 4.69) is 15.5 Å². The van der Waals surface area contributed by atoms with Crippen molar-refractivity contribution in [1.29, 1.82) is 0 Å². The van der Waals surface area contributed by atoms with Crippen molar-refractivity contribution in [3.8, 4) is 22.8 Å². The van der Waals surface area contributed by atoms with E-state index in [1.807, 2.05) is 55.5 Å². The lowest BCUT2D eigenvalue weighted by Gasteiger charge is -2.09. The van der Waals surface area contributed by atoms with Crippen LogP contribution in [0.1, 0.15) is 11.3 Å². The quantitative estimate of drug-likeness (QED) is 0.712. The average molecular weight is 351 g/mol. The van der Waals surface area contributed by atoms with Crippen LogP contribution < -0.4 is 14.8 Å². The number of aryl methyl sites for hydroxylation is 1. The lowest BCUT2D eigenvalue weighted by Crippen LogP contribution is -2.15. The van der Waals surface area contributed by atoms with E-state index >= 15 is 0 Å². The Kier molecular flexibility index (Phi) is 5.22. The van der Waals surface area contributed by atoms with Crippen LogP contribution in [0.3, 0.4) is 0 Å². The van der Waals surface area contributed by atoms with Crippen molar-refractivity contribution in [2.75, 3.05) is 19.5 Å². The number of amides is 1. The van der Waals surface area contributed by atoms with Crippen molar-refractivity contribution in [1.82, 2.24) is 10.2 Å². The molecular weight excluding hydrogens is 330 g/mol. The Morgan fingerprint density at radius 1 is 1.08 bits per heavy atom. The van der Waals surface area contributed by atoms with Crippen LogP contribution in [0.5, 0.6) is 11.5 Å². The van der Waals surface area contributed by atoms with Crippen molar-refractivity contribution in [2.45, 2.75) is 13.3 Å². The number of anilines is 1. The molecule has 1 heterocycles. The zero-order valence-corrected chi connectivity index (χ0v) is 15.0. The minimum absolute atomic E-state index is 0.119. The van der Waals surface area contributed by atoms with Gasteiger partial charge in [-0.1, -0.05) is 24.3 Å². The SMILES string of the molecule is COc1cccc(CC(=O)Nc2c(-c3cccc(OC)c3)n[nH]c2C)c1. The number of ether oxygens (including phenoxy) is 2. The van der Waals surface area contributed by atoms with E-state index in [0.717, 1.165) is 28.3 Å². The minimum Gasteiger partial charge on any atom is -0.497 e. The summed E-state index contributed by atoms with van der Waals surface area (Å²) in [7, 11) is 3.22. The van der Waals surface area contributed by atoms with E-state index in [-0.39, 0.29) is 12.3 Å². The Balaban J connectivity index is 1.81. The molecule has 1 amide bonds. The van der Waals surface area contributed by atoms with Crippen molar-refractivity contribution >= 4 is 11.6 Å². The van der Waals surface area contributed by atoms with Crippen molar-refractivity contribution in [2.24, 2.45) is 0 Å². The molecule has 0 unspecified atom stereocenters. The lowest BCUT2D eigenvalue weighted by molar-refractivity contribution is -0.115. The number of nitrogens with zero attached hydrogens (tertiary/aromatic N) is 1. The number of carbonyl (C=O) groups is 1. The number of aromatic amines is 1. The molecule has 26 heavy (non-hydrogen) atoms. The van der Waals surface area contributed by atoms with Gasteiger partial charge in [-0.2, -0.15) is 5.10 Å². The van der Waals surface area contributed by atoms with Gasteiger partial charge in [-0.15, -0.1) is 0 Å². The van der Waals surface area contributed by atoms with Gasteiger partial charge in [0.2, 0.25) is 5.91 Å². The molecule has 0 saturated heterocycles. The summed E-state index contributed by atoms with van der Waals surface area (Å²) in [5.74, 6) is 1.34. The molecule has 0 saturated carbocycles. The van der Waals surface area contributed by atoms with Gasteiger partial charge >= 0.3 is 0 Å². The van der Waals surface area contributed by atoms with Crippen LogP contribution >= 0.6 is 0 Å². The van der Waals surface area contributed by atoms with Gasteiger partial charge in [-0.05, 0) is 36.8 Å². The van der Waals surface area contributed by atoms with Crippen LogP contribution in [0.4, 0.5) is 5.69 Å². The number of aromatic nitrogens is 2. The van der Waals surface area contributed by atoms with Crippen LogP contribution in [-0.2, 0) is 11.2 Å². The molecule has 0 bridgehead atoms. The second-order valence-electron chi connectivity index (χ2n) is 5.88. The fraction of sp³-hybridized carbons (Fsp3) is 0.200. The molecule has 0 aliphatic rings. The first kappa shape index (κ1) is 17.5. The highest BCUT2D eigenvalue weighted by Gasteiger charge is 2.16. The maximum atomic E-state index is 12.5. The van der Waals surface area contributed by atoms with Gasteiger partial charge in [0.1, 0.15) is 17.2 Å². The maximum Gasteiger partial charge on any atom is 0.228 e. The third kappa shape index (κ3) is 3.85. The van der Waals surface area contributed by atoms with Crippen molar-refractivity contribution < 1.29 is 14.3 Å². The first-order valence-corrected chi connectivity index (χ1v) is 8.23. The molecule has 3 rings (SSSR count). The normalized spacial score (nSPS) is 10.4. The smallest absolute Gasteiger partial charge is 0.228 e. The Morgan fingerprint density at radius 3 is 2.50 bits per heavy atom. The Bertz CT molecular complexity index is 918. The van der Waals surface area contributed by atoms with Gasteiger partial charge < -0.3 is 14.8 Å². The molecule has 0 fully saturated rings. The van der Waals surface area contributed by atoms with Crippen LogP contribution in [0.25, 0.3) is 11.3 Å². The number of H-pyrrole nitrogens is 1. The molecule has 0 aliphatic carbocycles. The summed E-state index contributed by atoms with van der Waals surface area (Å²) in [6.07, 6.45) is 0.249. The highest BCUT2D eigenvalue weighted by Crippen LogP contribution is 2.30. The molecule has 0 spiro atoms. The molecule has 2 aromatic carbocycles. The zero-order valence-electron chi connectivity index (χ0n) is 15.0. The molecule has 2 N–H and O–H groups in total. The third-order valence-corrected chi connectivity index (χ3v) is 4.05. The molecule has 0 aliphatic heterocycles. The molecule has 3 aromatic rings. The molecule has 6 heteroatoms. The molecule has 0 radical (unpaired) electrons. The Hall–Kier alpha value is -3.28. The fourth-order valence-electron chi connectivity index (χ4n) is 2.71. The van der Waals surface area contributed by atoms with E-state index in [1.165, 1.54) is 0 Å². The number of carbonyl (C=O) groups excluding carboxylic acids is 1. The number of benzene rings is 2. The minimum atomic E-state index is -0.119. The second kappa shape index (κ2) is 7.74. The van der Waals surface area contributed by atoms with E-state index in [4.69, 9.17) is 9.47 Å². The molecular formula is C20H21N3O3. The van der Waals surface area contributed by atoms with Gasteiger partial charge in [-0.3, -0.25) is 9.89 Å². The number of rotatable bonds is 6. The van der Waals surface area contributed by atoms with E-state index in [9.17, 15) is 4.79 Å². The topological polar surface area (TPSA) is 76.2 Å². The average Bonchev–Trinajstić information content (AvgIpc) is 3.02. The van der Waals surface area contributed by atoms with Crippen LogP contribution in [0.15, 0.2) is 48.5 Å². The summed E-state index contributed by atoms with van der Waals surface area (Å²) in [5, 5.41) is 10.2. The van der Waals surface area contributed by atoms with Gasteiger partial charge in [0.15, 0.2) is 0 Å². The largest absolute Gasteiger partial charge is 0.497 e. The van der Waals surface area contributed by atoms with E-state index in [1.54, 1.807) is 14.2 Å². The number of hydrogen-bond donors (Lipinski definition) is 2. The lowest BCUT2D eigenvalue weighted by atomic mass is 10.1. The highest BCUT2D eigenvalue weighted by molar-refractivity contribution is 5.96. The second-order valence-corrected chi connectivity index (χ2v) is 5.88. The summed E-state index contributed by atoms with van der Waals surface area (Å²) < 4.78 is 10.5. The zero-order chi connectivity index (χ0) is 18.5. The first-order chi connectivity index (χ1) is 12.6. The summed E-state index contributed by atoms with van der Waals surface area (Å²) in [5.41, 5.74) is 3.89. The number of hydrogen-bond acceptors (Lipinski definition) is 4. The first-order valence-electron chi connectivity index (χ1n) is 8.23. The standard InChI is InChI=1S/C20H21N3O3/c1-13-19(20(23-22-13)15-7-5-9-17(12-15)26-3)21-18(24)11-14-6-4-8-16(10-14)25-2/h4-10,12H,11H2,1-3H3,(H,21,24)(H,22,23). The van der Waals surface area contributed by atoms with Crippen LogP contribution in [0, 0.1) is 6.92 Å². The molecule has 134 valence electrons. The third-order valence-electron chi connectivity index (χ3n) is 4.05. The van der Waals surface area contributed by atoms with Gasteiger partial charge in [0.25, 0.3) is 0 Å². The number of nitrogens with one attached hydrogen (secondary N) is 2. The summed E-state index contributed by atoms with van der Waals surface area (Å²) in [6, 6.07) is 15.0. The van der Waals surface area contributed by atoms with E-state index < -0.39 is 0 Å². The summed E-state index contributed by atoms with van der Waals surface area (Å²) in [4.78, 5) is 12.5. The predicted octanol–water partition coefficient (Wildman–Crippen LogP) is 3.58. The highest BCUT2D eigenvalue weighted by atomic mass is 16.5. The Labute approximate surface area is 152 Å². The summed E-state index contributed by atoms with van der Waals surface area (Å²) in [6.45, 7) is 1.87. The molecule has 1 aromatic heterocycles. The van der Waals surface area contributed by atoms with Crippen molar-refractivity contribution in [3.05, 3.63) is 59.8 Å². The van der Waals surface area contributed by atoms with Crippen LogP contribution in [-0.4, -0.2) is 30.3 Å². The van der Waals surface area contributed by atoms with E-state index in [0.29, 0.717) is 11.4 Å².